The minimum atomic E-state index is -0.941. The van der Waals surface area contributed by atoms with E-state index >= 15 is 0 Å². The van der Waals surface area contributed by atoms with E-state index in [2.05, 4.69) is 15.9 Å². The lowest BCUT2D eigenvalue weighted by Gasteiger charge is -2.11. The summed E-state index contributed by atoms with van der Waals surface area (Å²) >= 11 is 9.00. The molecular weight excluding hydrogens is 299 g/mol. The maximum atomic E-state index is 11.4. The average molecular weight is 303 g/mol. The number of nitrogens with one attached hydrogen (secondary N) is 1. The Morgan fingerprint density at radius 1 is 1.25 bits per heavy atom. The van der Waals surface area contributed by atoms with Crippen molar-refractivity contribution in [2.75, 3.05) is 4.90 Å². The van der Waals surface area contributed by atoms with Gasteiger partial charge >= 0.3 is 17.8 Å². The number of benzene rings is 1. The Labute approximate surface area is 103 Å². The first-order chi connectivity index (χ1) is 7.50. The Balaban J connectivity index is 2.45. The minimum Gasteiger partial charge on any atom is -0.269 e. The van der Waals surface area contributed by atoms with Gasteiger partial charge in [0.25, 0.3) is 0 Å². The monoisotopic (exact) mass is 302 g/mol. The maximum absolute atomic E-state index is 11.4. The quantitative estimate of drug-likeness (QED) is 0.634. The topological polar surface area (TPSA) is 66.5 Å². The van der Waals surface area contributed by atoms with Crippen LogP contribution in [0, 0.1) is 0 Å². The van der Waals surface area contributed by atoms with Gasteiger partial charge in [0.05, 0.1) is 10.7 Å². The molecule has 1 aliphatic heterocycles. The highest BCUT2D eigenvalue weighted by Gasteiger charge is 2.38. The molecule has 1 aromatic rings. The van der Waals surface area contributed by atoms with Crippen molar-refractivity contribution < 1.29 is 14.4 Å². The SMILES string of the molecule is O=C1NC(=O)N(c2ccc(Br)c(Cl)c2)C1=O. The summed E-state index contributed by atoms with van der Waals surface area (Å²) in [5.41, 5.74) is 0.251. The molecule has 0 aromatic heterocycles. The predicted octanol–water partition coefficient (Wildman–Crippen LogP) is 1.69. The highest BCUT2D eigenvalue weighted by Crippen LogP contribution is 2.28. The second kappa shape index (κ2) is 3.88. The van der Waals surface area contributed by atoms with Crippen molar-refractivity contribution in [1.29, 1.82) is 0 Å². The van der Waals surface area contributed by atoms with E-state index < -0.39 is 17.8 Å². The second-order valence-corrected chi connectivity index (χ2v) is 4.26. The molecule has 0 atom stereocenters. The molecule has 16 heavy (non-hydrogen) atoms. The zero-order valence-corrected chi connectivity index (χ0v) is 10.0. The van der Waals surface area contributed by atoms with Crippen molar-refractivity contribution in [3.8, 4) is 0 Å². The highest BCUT2D eigenvalue weighted by molar-refractivity contribution is 9.10. The van der Waals surface area contributed by atoms with Gasteiger partial charge < -0.3 is 0 Å². The van der Waals surface area contributed by atoms with E-state index in [1.54, 1.807) is 6.07 Å². The molecule has 0 radical (unpaired) electrons. The maximum Gasteiger partial charge on any atom is 0.336 e. The van der Waals surface area contributed by atoms with E-state index in [-0.39, 0.29) is 5.69 Å². The lowest BCUT2D eigenvalue weighted by atomic mass is 10.3. The lowest BCUT2D eigenvalue weighted by Crippen LogP contribution is -2.30. The first-order valence-electron chi connectivity index (χ1n) is 4.15. The van der Waals surface area contributed by atoms with Crippen molar-refractivity contribution in [3.63, 3.8) is 0 Å². The highest BCUT2D eigenvalue weighted by atomic mass is 79.9. The number of amides is 4. The Hall–Kier alpha value is -1.40. The molecular formula is C9H4BrClN2O3. The standard InChI is InChI=1S/C9H4BrClN2O3/c10-5-2-1-4(3-6(5)11)13-8(15)7(14)12-9(13)16/h1-3H,(H,12,14,16). The zero-order valence-electron chi connectivity index (χ0n) is 7.66. The van der Waals surface area contributed by atoms with Crippen LogP contribution >= 0.6 is 27.5 Å². The molecule has 1 heterocycles. The van der Waals surface area contributed by atoms with Crippen molar-refractivity contribution in [3.05, 3.63) is 27.7 Å². The van der Waals surface area contributed by atoms with Crippen LogP contribution in [0.1, 0.15) is 0 Å². The number of urea groups is 1. The summed E-state index contributed by atoms with van der Waals surface area (Å²) in [6.45, 7) is 0. The Kier molecular flexibility index (Phi) is 2.69. The van der Waals surface area contributed by atoms with Gasteiger partial charge in [0.2, 0.25) is 0 Å². The smallest absolute Gasteiger partial charge is 0.269 e. The van der Waals surface area contributed by atoms with Crippen molar-refractivity contribution in [2.45, 2.75) is 0 Å². The van der Waals surface area contributed by atoms with E-state index in [1.165, 1.54) is 12.1 Å². The molecule has 4 amide bonds. The molecule has 82 valence electrons. The van der Waals surface area contributed by atoms with Crippen LogP contribution < -0.4 is 10.2 Å². The van der Waals surface area contributed by atoms with Gasteiger partial charge in [-0.2, -0.15) is 0 Å². The van der Waals surface area contributed by atoms with Crippen molar-refractivity contribution in [2.24, 2.45) is 0 Å². The molecule has 1 saturated heterocycles. The molecule has 0 unspecified atom stereocenters. The number of rotatable bonds is 1. The van der Waals surface area contributed by atoms with E-state index in [1.807, 2.05) is 5.32 Å². The number of hydrogen-bond donors (Lipinski definition) is 1. The average Bonchev–Trinajstić information content (AvgIpc) is 2.47. The van der Waals surface area contributed by atoms with Gasteiger partial charge in [0, 0.05) is 4.47 Å². The van der Waals surface area contributed by atoms with Crippen LogP contribution in [-0.2, 0) is 9.59 Å². The van der Waals surface area contributed by atoms with Crippen LogP contribution in [0.5, 0.6) is 0 Å². The number of imide groups is 2. The third kappa shape index (κ3) is 1.70. The third-order valence-electron chi connectivity index (χ3n) is 1.98. The molecule has 7 heteroatoms. The van der Waals surface area contributed by atoms with Crippen LogP contribution in [-0.4, -0.2) is 17.8 Å². The summed E-state index contributed by atoms with van der Waals surface area (Å²) in [6.07, 6.45) is 0. The lowest BCUT2D eigenvalue weighted by molar-refractivity contribution is -0.134. The number of carbonyl (C=O) groups is 3. The fourth-order valence-corrected chi connectivity index (χ4v) is 1.68. The summed E-state index contributed by atoms with van der Waals surface area (Å²) in [4.78, 5) is 34.4. The van der Waals surface area contributed by atoms with E-state index in [4.69, 9.17) is 11.6 Å². The minimum absolute atomic E-state index is 0.251. The molecule has 0 aliphatic carbocycles. The van der Waals surface area contributed by atoms with Crippen molar-refractivity contribution in [1.82, 2.24) is 5.32 Å². The Morgan fingerprint density at radius 3 is 2.44 bits per heavy atom. The van der Waals surface area contributed by atoms with Crippen LogP contribution in [0.2, 0.25) is 5.02 Å². The number of nitrogens with zero attached hydrogens (tertiary/aromatic N) is 1. The summed E-state index contributed by atoms with van der Waals surface area (Å²) in [5.74, 6) is -1.85. The van der Waals surface area contributed by atoms with Crippen LogP contribution in [0.25, 0.3) is 0 Å². The van der Waals surface area contributed by atoms with Gasteiger partial charge in [0.15, 0.2) is 0 Å². The van der Waals surface area contributed by atoms with Crippen LogP contribution in [0.4, 0.5) is 10.5 Å². The van der Waals surface area contributed by atoms with Crippen LogP contribution in [0.3, 0.4) is 0 Å². The predicted molar refractivity (Wildman–Crippen MR) is 60.2 cm³/mol. The van der Waals surface area contributed by atoms with Gasteiger partial charge in [-0.05, 0) is 34.1 Å². The number of halogens is 2. The molecule has 1 N–H and O–H groups in total. The Morgan fingerprint density at radius 2 is 1.94 bits per heavy atom. The number of carbonyl (C=O) groups excluding carboxylic acids is 3. The zero-order chi connectivity index (χ0) is 11.9. The van der Waals surface area contributed by atoms with Gasteiger partial charge in [-0.25, -0.2) is 9.69 Å². The molecule has 0 saturated carbocycles. The van der Waals surface area contributed by atoms with Gasteiger partial charge in [-0.3, -0.25) is 14.9 Å². The largest absolute Gasteiger partial charge is 0.336 e. The summed E-state index contributed by atoms with van der Waals surface area (Å²) in [7, 11) is 0. The Bertz CT molecular complexity index is 517. The molecule has 5 nitrogen and oxygen atoms in total. The van der Waals surface area contributed by atoms with E-state index in [9.17, 15) is 14.4 Å². The van der Waals surface area contributed by atoms with Crippen LogP contribution in [0.15, 0.2) is 22.7 Å². The third-order valence-corrected chi connectivity index (χ3v) is 3.21. The van der Waals surface area contributed by atoms with E-state index in [0.717, 1.165) is 4.90 Å². The van der Waals surface area contributed by atoms with E-state index in [0.29, 0.717) is 9.50 Å². The summed E-state index contributed by atoms with van der Waals surface area (Å²) < 4.78 is 0.635. The summed E-state index contributed by atoms with van der Waals surface area (Å²) in [5, 5.41) is 2.24. The van der Waals surface area contributed by atoms with Gasteiger partial charge in [0.1, 0.15) is 0 Å². The number of anilines is 1. The first kappa shape index (κ1) is 11.1. The summed E-state index contributed by atoms with van der Waals surface area (Å²) in [6, 6.07) is 3.74. The molecule has 1 aliphatic rings. The fraction of sp³-hybridized carbons (Fsp3) is 0. The van der Waals surface area contributed by atoms with Crippen molar-refractivity contribution >= 4 is 51.1 Å². The molecule has 2 rings (SSSR count). The molecule has 0 spiro atoms. The number of hydrogen-bond acceptors (Lipinski definition) is 3. The second-order valence-electron chi connectivity index (χ2n) is 3.00. The molecule has 0 bridgehead atoms. The van der Waals surface area contributed by atoms with Gasteiger partial charge in [-0.1, -0.05) is 11.6 Å². The molecule has 1 fully saturated rings. The normalized spacial score (nSPS) is 15.6. The first-order valence-corrected chi connectivity index (χ1v) is 5.32. The van der Waals surface area contributed by atoms with Gasteiger partial charge in [-0.15, -0.1) is 0 Å². The molecule has 1 aromatic carbocycles. The fourth-order valence-electron chi connectivity index (χ4n) is 1.26.